The van der Waals surface area contributed by atoms with Crippen molar-refractivity contribution >= 4 is 18.2 Å². The van der Waals surface area contributed by atoms with Crippen LogP contribution in [0.15, 0.2) is 12.1 Å². The van der Waals surface area contributed by atoms with Crippen molar-refractivity contribution in [3.8, 4) is 11.5 Å². The fourth-order valence-corrected chi connectivity index (χ4v) is 1.95. The van der Waals surface area contributed by atoms with E-state index in [9.17, 15) is 26.3 Å². The van der Waals surface area contributed by atoms with E-state index in [1.807, 2.05) is 0 Å². The summed E-state index contributed by atoms with van der Waals surface area (Å²) < 4.78 is 91.1. The lowest BCUT2D eigenvalue weighted by Crippen LogP contribution is -2.37. The van der Waals surface area contributed by atoms with Crippen LogP contribution in [0.25, 0.3) is 0 Å². The van der Waals surface area contributed by atoms with Crippen LogP contribution >= 0.6 is 0 Å². The van der Waals surface area contributed by atoms with Gasteiger partial charge in [0.25, 0.3) is 0 Å². The normalized spacial score (nSPS) is 10.6. The fraction of sp³-hybridized carbons (Fsp3) is 0.143. The molecule has 0 aromatic heterocycles. The van der Waals surface area contributed by atoms with Gasteiger partial charge in [-0.2, -0.15) is 0 Å². The number of ether oxygens (including phenoxy) is 2. The first-order valence-electron chi connectivity index (χ1n) is 6.09. The average Bonchev–Trinajstić information content (AvgIpc) is 2.51. The van der Waals surface area contributed by atoms with Crippen molar-refractivity contribution in [3.05, 3.63) is 47.0 Å². The van der Waals surface area contributed by atoms with E-state index in [0.29, 0.717) is 13.3 Å². The van der Waals surface area contributed by atoms with Crippen LogP contribution in [0, 0.1) is 34.9 Å². The Bertz CT molecular complexity index is 766. The van der Waals surface area contributed by atoms with Crippen LogP contribution in [0.3, 0.4) is 0 Å². The largest absolute Gasteiger partial charge is 0.494 e. The number of halogens is 6. The van der Waals surface area contributed by atoms with E-state index in [0.717, 1.165) is 14.2 Å². The Kier molecular flexibility index (Phi) is 4.77. The zero-order valence-electron chi connectivity index (χ0n) is 11.8. The van der Waals surface area contributed by atoms with Crippen LogP contribution in [0.5, 0.6) is 11.5 Å². The highest BCUT2D eigenvalue weighted by molar-refractivity contribution is 6.68. The van der Waals surface area contributed by atoms with E-state index in [2.05, 4.69) is 9.47 Å². The number of benzene rings is 2. The van der Waals surface area contributed by atoms with Gasteiger partial charge in [0, 0.05) is 17.6 Å². The molecule has 2 aromatic carbocycles. The van der Waals surface area contributed by atoms with Gasteiger partial charge in [0.05, 0.1) is 14.2 Å². The zero-order chi connectivity index (χ0) is 17.3. The molecule has 121 valence electrons. The van der Waals surface area contributed by atoms with Crippen LogP contribution in [-0.2, 0) is 0 Å². The summed E-state index contributed by atoms with van der Waals surface area (Å²) >= 11 is 0. The van der Waals surface area contributed by atoms with Crippen molar-refractivity contribution in [1.82, 2.24) is 0 Å². The fourth-order valence-electron chi connectivity index (χ4n) is 1.95. The Morgan fingerprint density at radius 3 is 1.83 bits per heavy atom. The molecular formula is C14H8BF6O2. The summed E-state index contributed by atoms with van der Waals surface area (Å²) in [5.41, 5.74) is -1.97. The van der Waals surface area contributed by atoms with Crippen LogP contribution in [0.2, 0.25) is 0 Å². The molecule has 1 radical (unpaired) electrons. The lowest BCUT2D eigenvalue weighted by Gasteiger charge is -2.13. The highest BCUT2D eigenvalue weighted by Crippen LogP contribution is 2.21. The van der Waals surface area contributed by atoms with Crippen LogP contribution in [-0.4, -0.2) is 21.5 Å². The Balaban J connectivity index is 2.67. The molecule has 0 atom stereocenters. The van der Waals surface area contributed by atoms with E-state index in [1.165, 1.54) is 0 Å². The predicted octanol–water partition coefficient (Wildman–Crippen LogP) is 2.19. The van der Waals surface area contributed by atoms with Crippen molar-refractivity contribution < 1.29 is 35.8 Å². The highest BCUT2D eigenvalue weighted by atomic mass is 19.2. The SMILES string of the molecule is COc1cc(F)c(F)c([B]c2c(F)c(F)cc(F)c2OC)c1F. The summed E-state index contributed by atoms with van der Waals surface area (Å²) in [5, 5.41) is 0. The molecule has 2 nitrogen and oxygen atoms in total. The molecule has 0 fully saturated rings. The second-order valence-corrected chi connectivity index (χ2v) is 4.35. The summed E-state index contributed by atoms with van der Waals surface area (Å²) in [7, 11) is 2.35. The minimum atomic E-state index is -1.67. The molecule has 2 rings (SSSR count). The van der Waals surface area contributed by atoms with E-state index >= 15 is 0 Å². The first kappa shape index (κ1) is 17.0. The molecule has 2 aromatic rings. The van der Waals surface area contributed by atoms with E-state index < -0.39 is 57.3 Å². The minimum absolute atomic E-state index is 0.213. The van der Waals surface area contributed by atoms with Gasteiger partial charge in [-0.25, -0.2) is 26.3 Å². The first-order valence-corrected chi connectivity index (χ1v) is 6.09. The van der Waals surface area contributed by atoms with Gasteiger partial charge in [-0.15, -0.1) is 0 Å². The molecule has 0 amide bonds. The maximum atomic E-state index is 14.1. The number of methoxy groups -OCH3 is 2. The summed E-state index contributed by atoms with van der Waals surface area (Å²) in [6.07, 6.45) is 0. The Morgan fingerprint density at radius 2 is 1.26 bits per heavy atom. The Labute approximate surface area is 127 Å². The Morgan fingerprint density at radius 1 is 0.696 bits per heavy atom. The van der Waals surface area contributed by atoms with Crippen molar-refractivity contribution in [2.45, 2.75) is 0 Å². The lowest BCUT2D eigenvalue weighted by atomic mass is 9.62. The maximum Gasteiger partial charge on any atom is 0.208 e. The quantitative estimate of drug-likeness (QED) is 0.485. The average molecular weight is 333 g/mol. The molecule has 0 spiro atoms. The van der Waals surface area contributed by atoms with Crippen molar-refractivity contribution in [3.63, 3.8) is 0 Å². The summed E-state index contributed by atoms with van der Waals surface area (Å²) in [6, 6.07) is 0.659. The molecule has 9 heteroatoms. The molecule has 0 saturated carbocycles. The molecule has 0 aliphatic rings. The van der Waals surface area contributed by atoms with Crippen LogP contribution in [0.1, 0.15) is 0 Å². The molecule has 0 heterocycles. The molecule has 0 aliphatic heterocycles. The molecular weight excluding hydrogens is 325 g/mol. The first-order chi connectivity index (χ1) is 10.8. The monoisotopic (exact) mass is 333 g/mol. The van der Waals surface area contributed by atoms with E-state index in [4.69, 9.17) is 0 Å². The van der Waals surface area contributed by atoms with E-state index in [-0.39, 0.29) is 6.07 Å². The third kappa shape index (κ3) is 2.95. The Hall–Kier alpha value is -2.32. The van der Waals surface area contributed by atoms with Crippen molar-refractivity contribution in [1.29, 1.82) is 0 Å². The molecule has 0 aliphatic carbocycles. The zero-order valence-corrected chi connectivity index (χ0v) is 11.8. The van der Waals surface area contributed by atoms with Gasteiger partial charge in [-0.1, -0.05) is 0 Å². The van der Waals surface area contributed by atoms with Gasteiger partial charge in [0.1, 0.15) is 0 Å². The summed E-state index contributed by atoms with van der Waals surface area (Å²) in [4.78, 5) is 0. The van der Waals surface area contributed by atoms with Crippen LogP contribution < -0.4 is 20.4 Å². The van der Waals surface area contributed by atoms with Gasteiger partial charge in [0.2, 0.25) is 7.28 Å². The standard InChI is InChI=1S/C14H8BF6O2/c1-22-8-4-6(17)11(19)9(13(8)21)15-10-12(20)5(16)3-7(18)14(10)23-2/h3-4H,1-2H3. The number of hydrogen-bond acceptors (Lipinski definition) is 2. The van der Waals surface area contributed by atoms with Crippen molar-refractivity contribution in [2.24, 2.45) is 0 Å². The van der Waals surface area contributed by atoms with Gasteiger partial charge >= 0.3 is 0 Å². The van der Waals surface area contributed by atoms with Gasteiger partial charge in [0.15, 0.2) is 46.4 Å². The second kappa shape index (κ2) is 6.43. The molecule has 0 saturated heterocycles. The summed E-state index contributed by atoms with van der Waals surface area (Å²) in [6.45, 7) is 0. The summed E-state index contributed by atoms with van der Waals surface area (Å²) in [5.74, 6) is -10.5. The highest BCUT2D eigenvalue weighted by Gasteiger charge is 2.26. The number of rotatable bonds is 4. The third-order valence-electron chi connectivity index (χ3n) is 3.03. The molecule has 23 heavy (non-hydrogen) atoms. The topological polar surface area (TPSA) is 18.5 Å². The van der Waals surface area contributed by atoms with Crippen LogP contribution in [0.4, 0.5) is 26.3 Å². The van der Waals surface area contributed by atoms with Gasteiger partial charge in [-0.05, 0) is 5.46 Å². The second-order valence-electron chi connectivity index (χ2n) is 4.35. The minimum Gasteiger partial charge on any atom is -0.494 e. The van der Waals surface area contributed by atoms with Gasteiger partial charge < -0.3 is 9.47 Å². The number of hydrogen-bond donors (Lipinski definition) is 0. The van der Waals surface area contributed by atoms with E-state index in [1.54, 1.807) is 0 Å². The third-order valence-corrected chi connectivity index (χ3v) is 3.03. The molecule has 0 N–H and O–H groups in total. The molecule has 0 unspecified atom stereocenters. The smallest absolute Gasteiger partial charge is 0.208 e. The maximum absolute atomic E-state index is 14.1. The van der Waals surface area contributed by atoms with Crippen molar-refractivity contribution in [2.75, 3.05) is 14.2 Å². The lowest BCUT2D eigenvalue weighted by molar-refractivity contribution is 0.378. The molecule has 0 bridgehead atoms. The predicted molar refractivity (Wildman–Crippen MR) is 70.8 cm³/mol. The van der Waals surface area contributed by atoms with Gasteiger partial charge in [-0.3, -0.25) is 0 Å².